The third-order valence-electron chi connectivity index (χ3n) is 0.376. The fraction of sp³-hybridized carbons (Fsp3) is 0.250. The minimum atomic E-state index is 0.00741. The second kappa shape index (κ2) is 2.90. The second-order valence-electron chi connectivity index (χ2n) is 1.43. The summed E-state index contributed by atoms with van der Waals surface area (Å²) < 4.78 is 0. The smallest absolute Gasteiger partial charge is 0.208 e. The normalized spacial score (nSPS) is 7.62. The van der Waals surface area contributed by atoms with Crippen molar-refractivity contribution < 1.29 is 0 Å². The van der Waals surface area contributed by atoms with Gasteiger partial charge in [0.05, 0.1) is 0 Å². The minimum absolute atomic E-state index is 0.00741. The van der Waals surface area contributed by atoms with E-state index < -0.39 is 0 Å². The molecule has 4 heteroatoms. The molecule has 0 fully saturated rings. The van der Waals surface area contributed by atoms with E-state index in [-0.39, 0.29) is 5.96 Å². The SMILES string of the molecule is C=C(C)NN=C(N)N. The summed E-state index contributed by atoms with van der Waals surface area (Å²) in [4.78, 5) is 0. The van der Waals surface area contributed by atoms with Gasteiger partial charge in [-0.2, -0.15) is 0 Å². The van der Waals surface area contributed by atoms with Crippen molar-refractivity contribution in [3.63, 3.8) is 0 Å². The van der Waals surface area contributed by atoms with Gasteiger partial charge in [-0.15, -0.1) is 5.10 Å². The van der Waals surface area contributed by atoms with E-state index in [1.165, 1.54) is 0 Å². The number of nitrogens with two attached hydrogens (primary N) is 2. The van der Waals surface area contributed by atoms with Crippen LogP contribution >= 0.6 is 0 Å². The number of hydrogen-bond donors (Lipinski definition) is 3. The van der Waals surface area contributed by atoms with Crippen LogP contribution in [0.2, 0.25) is 0 Å². The Morgan fingerprint density at radius 3 is 2.25 bits per heavy atom. The monoisotopic (exact) mass is 114 g/mol. The number of guanidine groups is 1. The maximum Gasteiger partial charge on any atom is 0.208 e. The van der Waals surface area contributed by atoms with Gasteiger partial charge in [0.15, 0.2) is 0 Å². The summed E-state index contributed by atoms with van der Waals surface area (Å²) >= 11 is 0. The summed E-state index contributed by atoms with van der Waals surface area (Å²) in [5, 5.41) is 3.45. The molecule has 0 heterocycles. The van der Waals surface area contributed by atoms with Crippen LogP contribution in [0.5, 0.6) is 0 Å². The quantitative estimate of drug-likeness (QED) is 0.252. The van der Waals surface area contributed by atoms with Crippen molar-refractivity contribution in [1.29, 1.82) is 0 Å². The van der Waals surface area contributed by atoms with Crippen LogP contribution in [0.25, 0.3) is 0 Å². The number of nitrogens with zero attached hydrogens (tertiary/aromatic N) is 1. The van der Waals surface area contributed by atoms with Gasteiger partial charge in [-0.3, -0.25) is 5.43 Å². The lowest BCUT2D eigenvalue weighted by Crippen LogP contribution is -2.25. The summed E-state index contributed by atoms with van der Waals surface area (Å²) in [7, 11) is 0. The summed E-state index contributed by atoms with van der Waals surface area (Å²) in [6.45, 7) is 5.25. The highest BCUT2D eigenvalue weighted by atomic mass is 15.3. The largest absolute Gasteiger partial charge is 0.369 e. The molecular weight excluding hydrogens is 104 g/mol. The first-order valence-corrected chi connectivity index (χ1v) is 2.13. The average Bonchev–Trinajstić information content (AvgIpc) is 1.61. The van der Waals surface area contributed by atoms with Crippen LogP contribution in [0, 0.1) is 0 Å². The van der Waals surface area contributed by atoms with E-state index in [2.05, 4.69) is 17.1 Å². The first kappa shape index (κ1) is 6.81. The fourth-order valence-corrected chi connectivity index (χ4v) is 0.160. The summed E-state index contributed by atoms with van der Waals surface area (Å²) in [5.74, 6) is 0.00741. The number of nitrogens with one attached hydrogen (secondary N) is 1. The van der Waals surface area contributed by atoms with E-state index >= 15 is 0 Å². The van der Waals surface area contributed by atoms with E-state index in [0.717, 1.165) is 0 Å². The maximum absolute atomic E-state index is 4.96. The van der Waals surface area contributed by atoms with E-state index in [1.54, 1.807) is 6.92 Å². The lowest BCUT2D eigenvalue weighted by molar-refractivity contribution is 0.886. The standard InChI is InChI=1S/C4H10N4/c1-3(2)7-8-4(5)6/h7H,1H2,2H3,(H4,5,6,8). The van der Waals surface area contributed by atoms with Crippen LogP contribution in [0.3, 0.4) is 0 Å². The van der Waals surface area contributed by atoms with E-state index in [9.17, 15) is 0 Å². The van der Waals surface area contributed by atoms with E-state index in [1.807, 2.05) is 0 Å². The van der Waals surface area contributed by atoms with Crippen molar-refractivity contribution in [1.82, 2.24) is 5.43 Å². The van der Waals surface area contributed by atoms with Gasteiger partial charge in [0.2, 0.25) is 5.96 Å². The third-order valence-corrected chi connectivity index (χ3v) is 0.376. The van der Waals surface area contributed by atoms with Gasteiger partial charge in [-0.25, -0.2) is 0 Å². The number of rotatable bonds is 2. The molecule has 0 bridgehead atoms. The highest BCUT2D eigenvalue weighted by Crippen LogP contribution is 1.74. The van der Waals surface area contributed by atoms with Crippen LogP contribution in [0.4, 0.5) is 0 Å². The van der Waals surface area contributed by atoms with Crippen molar-refractivity contribution >= 4 is 5.96 Å². The van der Waals surface area contributed by atoms with Crippen molar-refractivity contribution in [2.24, 2.45) is 16.6 Å². The molecule has 0 saturated heterocycles. The van der Waals surface area contributed by atoms with Crippen LogP contribution in [-0.2, 0) is 0 Å². The molecule has 8 heavy (non-hydrogen) atoms. The van der Waals surface area contributed by atoms with E-state index in [0.29, 0.717) is 5.70 Å². The lowest BCUT2D eigenvalue weighted by atomic mass is 10.6. The van der Waals surface area contributed by atoms with Crippen LogP contribution < -0.4 is 16.9 Å². The van der Waals surface area contributed by atoms with E-state index in [4.69, 9.17) is 11.5 Å². The highest BCUT2D eigenvalue weighted by Gasteiger charge is 1.76. The molecule has 0 spiro atoms. The molecule has 0 atom stereocenters. The van der Waals surface area contributed by atoms with Gasteiger partial charge >= 0.3 is 0 Å². The molecule has 0 unspecified atom stereocenters. The Hall–Kier alpha value is -1.19. The molecule has 0 radical (unpaired) electrons. The zero-order valence-electron chi connectivity index (χ0n) is 4.81. The number of hydrogen-bond acceptors (Lipinski definition) is 2. The molecule has 0 amide bonds. The van der Waals surface area contributed by atoms with Crippen molar-refractivity contribution in [2.45, 2.75) is 6.92 Å². The van der Waals surface area contributed by atoms with Gasteiger partial charge in [0.1, 0.15) is 0 Å². The Morgan fingerprint density at radius 2 is 2.12 bits per heavy atom. The zero-order valence-corrected chi connectivity index (χ0v) is 4.81. The molecule has 0 aromatic rings. The van der Waals surface area contributed by atoms with Gasteiger partial charge in [-0.1, -0.05) is 6.58 Å². The summed E-state index contributed by atoms with van der Waals surface area (Å²) in [6, 6.07) is 0. The van der Waals surface area contributed by atoms with Crippen molar-refractivity contribution in [3.8, 4) is 0 Å². The maximum atomic E-state index is 4.96. The molecule has 0 aromatic carbocycles. The Morgan fingerprint density at radius 1 is 1.62 bits per heavy atom. The van der Waals surface area contributed by atoms with Crippen molar-refractivity contribution in [2.75, 3.05) is 0 Å². The predicted octanol–water partition coefficient (Wildman–Crippen LogP) is -0.702. The molecule has 4 nitrogen and oxygen atoms in total. The summed E-state index contributed by atoms with van der Waals surface area (Å²) in [6.07, 6.45) is 0. The molecular formula is C4H10N4. The Balaban J connectivity index is 3.45. The van der Waals surface area contributed by atoms with Crippen molar-refractivity contribution in [3.05, 3.63) is 12.3 Å². The number of hydrazone groups is 1. The fourth-order valence-electron chi connectivity index (χ4n) is 0.160. The minimum Gasteiger partial charge on any atom is -0.369 e. The second-order valence-corrected chi connectivity index (χ2v) is 1.43. The van der Waals surface area contributed by atoms with Gasteiger partial charge in [-0.05, 0) is 6.92 Å². The lowest BCUT2D eigenvalue weighted by Gasteiger charge is -1.94. The molecule has 5 N–H and O–H groups in total. The Kier molecular flexibility index (Phi) is 2.47. The zero-order chi connectivity index (χ0) is 6.57. The highest BCUT2D eigenvalue weighted by molar-refractivity contribution is 5.75. The molecule has 0 saturated carbocycles. The van der Waals surface area contributed by atoms with Crippen LogP contribution in [0.1, 0.15) is 6.92 Å². The van der Waals surface area contributed by atoms with Gasteiger partial charge in [0, 0.05) is 5.70 Å². The van der Waals surface area contributed by atoms with Gasteiger partial charge in [0.25, 0.3) is 0 Å². The molecule has 0 rings (SSSR count). The molecule has 0 aliphatic rings. The third kappa shape index (κ3) is 4.81. The molecule has 0 aliphatic carbocycles. The predicted molar refractivity (Wildman–Crippen MR) is 33.8 cm³/mol. The first-order chi connectivity index (χ1) is 3.63. The Labute approximate surface area is 48.2 Å². The van der Waals surface area contributed by atoms with Gasteiger partial charge < -0.3 is 11.5 Å². The molecule has 0 aliphatic heterocycles. The van der Waals surface area contributed by atoms with Crippen LogP contribution in [0.15, 0.2) is 17.4 Å². The molecule has 46 valence electrons. The Bertz CT molecular complexity index is 111. The first-order valence-electron chi connectivity index (χ1n) is 2.13. The number of allylic oxidation sites excluding steroid dienone is 1. The average molecular weight is 114 g/mol. The topological polar surface area (TPSA) is 76.4 Å². The molecule has 0 aromatic heterocycles. The van der Waals surface area contributed by atoms with Crippen LogP contribution in [-0.4, -0.2) is 5.96 Å². The summed E-state index contributed by atoms with van der Waals surface area (Å²) in [5.41, 5.74) is 13.1.